The minimum Gasteiger partial charge on any atom is -0.319 e. The van der Waals surface area contributed by atoms with Crippen molar-refractivity contribution in [3.05, 3.63) is 23.5 Å². The van der Waals surface area contributed by atoms with E-state index in [-0.39, 0.29) is 11.3 Å². The zero-order valence-corrected chi connectivity index (χ0v) is 10.7. The van der Waals surface area contributed by atoms with E-state index >= 15 is 0 Å². The first kappa shape index (κ1) is 12.8. The zero-order valence-electron chi connectivity index (χ0n) is 10.7. The van der Waals surface area contributed by atoms with Gasteiger partial charge in [0, 0.05) is 11.4 Å². The third-order valence-corrected chi connectivity index (χ3v) is 2.71. The number of hydrogen-bond donors (Lipinski definition) is 2. The van der Waals surface area contributed by atoms with Crippen LogP contribution in [0.5, 0.6) is 0 Å². The number of rotatable bonds is 2. The van der Waals surface area contributed by atoms with Gasteiger partial charge in [-0.1, -0.05) is 20.8 Å². The van der Waals surface area contributed by atoms with E-state index < -0.39 is 6.04 Å². The molecule has 0 aliphatic heterocycles. The SMILES string of the molecule is Cc1ccc(C)n1NC(=O)[C@H](N)C(C)(C)C. The van der Waals surface area contributed by atoms with Gasteiger partial charge in [-0.25, -0.2) is 0 Å². The van der Waals surface area contributed by atoms with Gasteiger partial charge in [-0.3, -0.25) is 14.9 Å². The quantitative estimate of drug-likeness (QED) is 0.799. The first-order chi connectivity index (χ1) is 7.23. The van der Waals surface area contributed by atoms with Crippen molar-refractivity contribution in [2.45, 2.75) is 40.7 Å². The van der Waals surface area contributed by atoms with Crippen LogP contribution in [-0.2, 0) is 4.79 Å². The number of hydrogen-bond acceptors (Lipinski definition) is 2. The first-order valence-electron chi connectivity index (χ1n) is 5.45. The maximum absolute atomic E-state index is 11.9. The molecule has 0 aliphatic carbocycles. The average Bonchev–Trinajstić information content (AvgIpc) is 2.46. The molecule has 90 valence electrons. The van der Waals surface area contributed by atoms with Crippen molar-refractivity contribution in [3.8, 4) is 0 Å². The molecule has 0 spiro atoms. The maximum atomic E-state index is 11.9. The monoisotopic (exact) mass is 223 g/mol. The van der Waals surface area contributed by atoms with Crippen LogP contribution >= 0.6 is 0 Å². The molecule has 0 aliphatic rings. The van der Waals surface area contributed by atoms with Gasteiger partial charge in [0.25, 0.3) is 5.91 Å². The first-order valence-corrected chi connectivity index (χ1v) is 5.45. The number of nitrogens with one attached hydrogen (secondary N) is 1. The molecule has 0 saturated heterocycles. The number of carbonyl (C=O) groups excluding carboxylic acids is 1. The molecule has 0 unspecified atom stereocenters. The minimum atomic E-state index is -0.520. The van der Waals surface area contributed by atoms with Crippen molar-refractivity contribution in [2.24, 2.45) is 11.1 Å². The summed E-state index contributed by atoms with van der Waals surface area (Å²) in [5.74, 6) is -0.157. The van der Waals surface area contributed by atoms with Gasteiger partial charge in [-0.2, -0.15) is 0 Å². The lowest BCUT2D eigenvalue weighted by molar-refractivity contribution is -0.120. The summed E-state index contributed by atoms with van der Waals surface area (Å²) in [5.41, 5.74) is 10.5. The molecule has 1 amide bonds. The van der Waals surface area contributed by atoms with E-state index in [1.165, 1.54) is 0 Å². The summed E-state index contributed by atoms with van der Waals surface area (Å²) in [5, 5.41) is 0. The van der Waals surface area contributed by atoms with Crippen LogP contribution in [0.1, 0.15) is 32.2 Å². The Kier molecular flexibility index (Phi) is 3.43. The average molecular weight is 223 g/mol. The van der Waals surface area contributed by atoms with E-state index in [0.29, 0.717) is 0 Å². The highest BCUT2D eigenvalue weighted by Gasteiger charge is 2.27. The van der Waals surface area contributed by atoms with Gasteiger partial charge in [0.05, 0.1) is 6.04 Å². The highest BCUT2D eigenvalue weighted by atomic mass is 16.2. The molecular weight excluding hydrogens is 202 g/mol. The number of carbonyl (C=O) groups is 1. The van der Waals surface area contributed by atoms with Gasteiger partial charge < -0.3 is 5.73 Å². The van der Waals surface area contributed by atoms with Gasteiger partial charge in [0.15, 0.2) is 0 Å². The van der Waals surface area contributed by atoms with E-state index in [0.717, 1.165) is 11.4 Å². The number of aromatic nitrogens is 1. The van der Waals surface area contributed by atoms with E-state index in [2.05, 4.69) is 5.43 Å². The van der Waals surface area contributed by atoms with E-state index in [1.807, 2.05) is 46.8 Å². The molecule has 0 radical (unpaired) electrons. The standard InChI is InChI=1S/C12H21N3O/c1-8-6-7-9(2)15(8)14-11(16)10(13)12(3,4)5/h6-7,10H,13H2,1-5H3,(H,14,16)/t10-/m0/s1. The number of nitrogens with two attached hydrogens (primary N) is 1. The largest absolute Gasteiger partial charge is 0.319 e. The van der Waals surface area contributed by atoms with Crippen molar-refractivity contribution in [2.75, 3.05) is 5.43 Å². The summed E-state index contributed by atoms with van der Waals surface area (Å²) >= 11 is 0. The molecule has 4 nitrogen and oxygen atoms in total. The second kappa shape index (κ2) is 4.29. The fourth-order valence-electron chi connectivity index (χ4n) is 1.42. The molecule has 1 aromatic rings. The summed E-state index contributed by atoms with van der Waals surface area (Å²) in [6.07, 6.45) is 0. The molecule has 3 N–H and O–H groups in total. The zero-order chi connectivity index (χ0) is 12.5. The Hall–Kier alpha value is -1.29. The Morgan fingerprint density at radius 2 is 1.75 bits per heavy atom. The summed E-state index contributed by atoms with van der Waals surface area (Å²) in [6, 6.07) is 3.39. The summed E-state index contributed by atoms with van der Waals surface area (Å²) in [7, 11) is 0. The molecule has 4 heteroatoms. The third-order valence-electron chi connectivity index (χ3n) is 2.71. The number of nitrogens with zero attached hydrogens (tertiary/aromatic N) is 1. The van der Waals surface area contributed by atoms with Crippen molar-refractivity contribution < 1.29 is 4.79 Å². The molecule has 0 bridgehead atoms. The van der Waals surface area contributed by atoms with Crippen LogP contribution in [0.3, 0.4) is 0 Å². The molecule has 0 saturated carbocycles. The van der Waals surface area contributed by atoms with Crippen LogP contribution in [0.25, 0.3) is 0 Å². The van der Waals surface area contributed by atoms with E-state index in [4.69, 9.17) is 5.73 Å². The summed E-state index contributed by atoms with van der Waals surface area (Å²) < 4.78 is 1.76. The molecule has 16 heavy (non-hydrogen) atoms. The van der Waals surface area contributed by atoms with Gasteiger partial charge in [-0.05, 0) is 31.4 Å². The Morgan fingerprint density at radius 3 is 2.12 bits per heavy atom. The lowest BCUT2D eigenvalue weighted by Gasteiger charge is -2.26. The Morgan fingerprint density at radius 1 is 1.31 bits per heavy atom. The van der Waals surface area contributed by atoms with E-state index in [9.17, 15) is 4.79 Å². The predicted octanol–water partition coefficient (Wildman–Crippen LogP) is 1.55. The van der Waals surface area contributed by atoms with Crippen molar-refractivity contribution >= 4 is 5.91 Å². The predicted molar refractivity (Wildman–Crippen MR) is 65.7 cm³/mol. The van der Waals surface area contributed by atoms with Gasteiger partial charge in [-0.15, -0.1) is 0 Å². The van der Waals surface area contributed by atoms with Gasteiger partial charge in [0.1, 0.15) is 0 Å². The molecule has 1 rings (SSSR count). The molecule has 0 fully saturated rings. The normalized spacial score (nSPS) is 13.6. The number of aryl methyl sites for hydroxylation is 2. The van der Waals surface area contributed by atoms with Crippen LogP contribution in [0.2, 0.25) is 0 Å². The molecule has 0 aromatic carbocycles. The lowest BCUT2D eigenvalue weighted by atomic mass is 9.87. The molecule has 1 atom stereocenters. The smallest absolute Gasteiger partial charge is 0.256 e. The molecule has 1 heterocycles. The number of amides is 1. The summed E-state index contributed by atoms with van der Waals surface area (Å²) in [6.45, 7) is 9.73. The minimum absolute atomic E-state index is 0.157. The van der Waals surface area contributed by atoms with Crippen LogP contribution in [0.4, 0.5) is 0 Å². The Labute approximate surface area is 96.8 Å². The van der Waals surface area contributed by atoms with Crippen LogP contribution in [-0.4, -0.2) is 16.6 Å². The highest BCUT2D eigenvalue weighted by Crippen LogP contribution is 2.17. The Balaban J connectivity index is 2.80. The van der Waals surface area contributed by atoms with Crippen molar-refractivity contribution in [1.29, 1.82) is 0 Å². The lowest BCUT2D eigenvalue weighted by Crippen LogP contribution is -2.47. The second-order valence-corrected chi connectivity index (χ2v) is 5.27. The van der Waals surface area contributed by atoms with Crippen LogP contribution < -0.4 is 11.2 Å². The molecular formula is C12H21N3O. The van der Waals surface area contributed by atoms with Crippen molar-refractivity contribution in [1.82, 2.24) is 4.68 Å². The topological polar surface area (TPSA) is 60.0 Å². The third kappa shape index (κ3) is 2.64. The van der Waals surface area contributed by atoms with Crippen LogP contribution in [0, 0.1) is 19.3 Å². The maximum Gasteiger partial charge on any atom is 0.256 e. The van der Waals surface area contributed by atoms with Gasteiger partial charge >= 0.3 is 0 Å². The van der Waals surface area contributed by atoms with Crippen molar-refractivity contribution in [3.63, 3.8) is 0 Å². The van der Waals surface area contributed by atoms with Crippen LogP contribution in [0.15, 0.2) is 12.1 Å². The molecule has 1 aromatic heterocycles. The Bertz CT molecular complexity index is 368. The second-order valence-electron chi connectivity index (χ2n) is 5.27. The summed E-state index contributed by atoms with van der Waals surface area (Å²) in [4.78, 5) is 11.9. The fourth-order valence-corrected chi connectivity index (χ4v) is 1.42. The fraction of sp³-hybridized carbons (Fsp3) is 0.583. The van der Waals surface area contributed by atoms with Gasteiger partial charge in [0.2, 0.25) is 0 Å². The highest BCUT2D eigenvalue weighted by molar-refractivity contribution is 5.89. The van der Waals surface area contributed by atoms with E-state index in [1.54, 1.807) is 4.68 Å².